The maximum absolute atomic E-state index is 13.2. The number of hydrogen-bond donors (Lipinski definition) is 1. The number of aromatic nitrogens is 1. The van der Waals surface area contributed by atoms with Gasteiger partial charge >= 0.3 is 0 Å². The molecule has 1 aromatic heterocycles. The Hall–Kier alpha value is -2.50. The highest BCUT2D eigenvalue weighted by molar-refractivity contribution is 6.52. The smallest absolute Gasteiger partial charge is 0.296 e. The van der Waals surface area contributed by atoms with E-state index in [9.17, 15) is 9.59 Å². The highest BCUT2D eigenvalue weighted by atomic mass is 35.5. The molecule has 8 heteroatoms. The lowest BCUT2D eigenvalue weighted by molar-refractivity contribution is -0.112. The standard InChI is InChI=1S/C24H16Cl4N2O2/c1-13-5-8-20-18(9-13)21(22(31)24(32)29-17-4-2-3-15(25)10-17)23(28)30(20)12-14-6-7-16(26)11-19(14)27/h2-11H,12H2,1H3,(H,29,32). The number of anilines is 1. The Kier molecular flexibility index (Phi) is 6.50. The van der Waals surface area contributed by atoms with Crippen LogP contribution in [0.4, 0.5) is 5.69 Å². The number of ketones is 1. The fraction of sp³-hybridized carbons (Fsp3) is 0.0833. The van der Waals surface area contributed by atoms with Gasteiger partial charge in [-0.1, -0.05) is 70.2 Å². The van der Waals surface area contributed by atoms with Gasteiger partial charge in [-0.2, -0.15) is 0 Å². The maximum Gasteiger partial charge on any atom is 0.296 e. The molecule has 0 radical (unpaired) electrons. The summed E-state index contributed by atoms with van der Waals surface area (Å²) >= 11 is 25.0. The van der Waals surface area contributed by atoms with Crippen molar-refractivity contribution in [3.63, 3.8) is 0 Å². The molecule has 1 N–H and O–H groups in total. The highest BCUT2D eigenvalue weighted by Gasteiger charge is 2.27. The van der Waals surface area contributed by atoms with Crippen molar-refractivity contribution < 1.29 is 9.59 Å². The average Bonchev–Trinajstić information content (AvgIpc) is 3.00. The Morgan fingerprint density at radius 2 is 1.66 bits per heavy atom. The molecular formula is C24H16Cl4N2O2. The third kappa shape index (κ3) is 4.50. The van der Waals surface area contributed by atoms with Crippen LogP contribution >= 0.6 is 46.4 Å². The van der Waals surface area contributed by atoms with Crippen LogP contribution in [0.25, 0.3) is 10.9 Å². The monoisotopic (exact) mass is 504 g/mol. The van der Waals surface area contributed by atoms with Crippen molar-refractivity contribution in [2.24, 2.45) is 0 Å². The molecule has 0 fully saturated rings. The van der Waals surface area contributed by atoms with Gasteiger partial charge in [0.2, 0.25) is 0 Å². The Morgan fingerprint density at radius 3 is 2.38 bits per heavy atom. The summed E-state index contributed by atoms with van der Waals surface area (Å²) in [6, 6.07) is 17.4. The second-order valence-corrected chi connectivity index (χ2v) is 8.94. The van der Waals surface area contributed by atoms with Crippen LogP contribution in [0.15, 0.2) is 60.7 Å². The first-order valence-corrected chi connectivity index (χ1v) is 11.1. The molecule has 32 heavy (non-hydrogen) atoms. The molecule has 0 saturated heterocycles. The number of Topliss-reactive ketones (excluding diaryl/α,β-unsaturated/α-hetero) is 1. The molecule has 0 bridgehead atoms. The van der Waals surface area contributed by atoms with Gasteiger partial charge in [-0.15, -0.1) is 0 Å². The first-order chi connectivity index (χ1) is 15.2. The number of halogens is 4. The van der Waals surface area contributed by atoms with Crippen molar-refractivity contribution in [2.75, 3.05) is 5.32 Å². The summed E-state index contributed by atoms with van der Waals surface area (Å²) in [5.41, 5.74) is 2.97. The minimum absolute atomic E-state index is 0.134. The SMILES string of the molecule is Cc1ccc2c(c1)c(C(=O)C(=O)Nc1cccc(Cl)c1)c(Cl)n2Cc1ccc(Cl)cc1Cl. The van der Waals surface area contributed by atoms with E-state index in [1.165, 1.54) is 0 Å². The molecule has 4 aromatic rings. The molecule has 0 atom stereocenters. The number of amides is 1. The first-order valence-electron chi connectivity index (χ1n) is 9.58. The van der Waals surface area contributed by atoms with Gasteiger partial charge in [0.15, 0.2) is 0 Å². The quantitative estimate of drug-likeness (QED) is 0.226. The Bertz CT molecular complexity index is 1380. The molecule has 3 aromatic carbocycles. The molecule has 1 heterocycles. The maximum atomic E-state index is 13.2. The van der Waals surface area contributed by atoms with E-state index in [-0.39, 0.29) is 10.7 Å². The number of benzene rings is 3. The Balaban J connectivity index is 1.77. The topological polar surface area (TPSA) is 51.1 Å². The minimum atomic E-state index is -0.806. The summed E-state index contributed by atoms with van der Waals surface area (Å²) in [4.78, 5) is 25.9. The number of rotatable bonds is 5. The van der Waals surface area contributed by atoms with Crippen LogP contribution in [0.2, 0.25) is 20.2 Å². The Morgan fingerprint density at radius 1 is 0.906 bits per heavy atom. The van der Waals surface area contributed by atoms with E-state index < -0.39 is 11.7 Å². The highest BCUT2D eigenvalue weighted by Crippen LogP contribution is 2.33. The summed E-state index contributed by atoms with van der Waals surface area (Å²) in [5, 5.41) is 4.78. The summed E-state index contributed by atoms with van der Waals surface area (Å²) in [6.45, 7) is 2.21. The van der Waals surface area contributed by atoms with Crippen LogP contribution in [-0.2, 0) is 11.3 Å². The van der Waals surface area contributed by atoms with Gasteiger partial charge in [-0.05, 0) is 55.0 Å². The fourth-order valence-electron chi connectivity index (χ4n) is 3.50. The van der Waals surface area contributed by atoms with E-state index >= 15 is 0 Å². The van der Waals surface area contributed by atoms with E-state index in [1.54, 1.807) is 47.0 Å². The predicted molar refractivity (Wildman–Crippen MR) is 132 cm³/mol. The summed E-state index contributed by atoms with van der Waals surface area (Å²) in [6.07, 6.45) is 0. The van der Waals surface area contributed by atoms with E-state index in [4.69, 9.17) is 46.4 Å². The summed E-state index contributed by atoms with van der Waals surface area (Å²) in [5.74, 6) is -1.55. The normalized spacial score (nSPS) is 11.0. The van der Waals surface area contributed by atoms with Crippen molar-refractivity contribution in [1.29, 1.82) is 0 Å². The van der Waals surface area contributed by atoms with E-state index in [0.29, 0.717) is 38.2 Å². The number of carbonyl (C=O) groups excluding carboxylic acids is 2. The number of carbonyl (C=O) groups is 2. The van der Waals surface area contributed by atoms with Gasteiger partial charge in [0.1, 0.15) is 5.15 Å². The second kappa shape index (κ2) is 9.16. The average molecular weight is 506 g/mol. The summed E-state index contributed by atoms with van der Waals surface area (Å²) in [7, 11) is 0. The third-order valence-corrected chi connectivity index (χ3v) is 6.23. The molecule has 0 aliphatic carbocycles. The number of nitrogens with zero attached hydrogens (tertiary/aromatic N) is 1. The van der Waals surface area contributed by atoms with Crippen molar-refractivity contribution in [2.45, 2.75) is 13.5 Å². The van der Waals surface area contributed by atoms with Gasteiger partial charge in [0, 0.05) is 26.1 Å². The van der Waals surface area contributed by atoms with Crippen LogP contribution in [0.3, 0.4) is 0 Å². The minimum Gasteiger partial charge on any atom is -0.326 e. The van der Waals surface area contributed by atoms with Crippen LogP contribution in [0.5, 0.6) is 0 Å². The van der Waals surface area contributed by atoms with Gasteiger partial charge < -0.3 is 9.88 Å². The zero-order valence-corrected chi connectivity index (χ0v) is 19.8. The van der Waals surface area contributed by atoms with Crippen molar-refractivity contribution in [1.82, 2.24) is 4.57 Å². The van der Waals surface area contributed by atoms with E-state index in [0.717, 1.165) is 11.1 Å². The molecule has 4 nitrogen and oxygen atoms in total. The molecule has 162 valence electrons. The molecule has 0 spiro atoms. The van der Waals surface area contributed by atoms with E-state index in [2.05, 4.69) is 5.32 Å². The van der Waals surface area contributed by atoms with E-state index in [1.807, 2.05) is 25.1 Å². The number of hydrogen-bond acceptors (Lipinski definition) is 2. The molecule has 0 unspecified atom stereocenters. The third-order valence-electron chi connectivity index (χ3n) is 5.01. The first kappa shape index (κ1) is 22.7. The predicted octanol–water partition coefficient (Wildman–Crippen LogP) is 7.43. The number of aryl methyl sites for hydroxylation is 1. The lowest BCUT2D eigenvalue weighted by atomic mass is 10.1. The lowest BCUT2D eigenvalue weighted by Gasteiger charge is -2.10. The molecule has 1 amide bonds. The molecular weight excluding hydrogens is 490 g/mol. The largest absolute Gasteiger partial charge is 0.326 e. The van der Waals surface area contributed by atoms with Crippen molar-refractivity contribution in [3.8, 4) is 0 Å². The zero-order valence-electron chi connectivity index (χ0n) is 16.8. The Labute approximate surface area is 204 Å². The number of nitrogens with one attached hydrogen (secondary N) is 1. The molecule has 4 rings (SSSR count). The molecule has 0 aliphatic heterocycles. The summed E-state index contributed by atoms with van der Waals surface area (Å²) < 4.78 is 1.76. The zero-order chi connectivity index (χ0) is 23.0. The van der Waals surface area contributed by atoms with Gasteiger partial charge in [-0.25, -0.2) is 0 Å². The van der Waals surface area contributed by atoms with Gasteiger partial charge in [0.05, 0.1) is 17.6 Å². The number of fused-ring (bicyclic) bond motifs is 1. The molecule has 0 aliphatic rings. The lowest BCUT2D eigenvalue weighted by Crippen LogP contribution is -2.23. The van der Waals surface area contributed by atoms with Gasteiger partial charge in [0.25, 0.3) is 11.7 Å². The van der Waals surface area contributed by atoms with Crippen molar-refractivity contribution >= 4 is 74.7 Å². The second-order valence-electron chi connectivity index (χ2n) is 7.30. The van der Waals surface area contributed by atoms with Crippen LogP contribution < -0.4 is 5.32 Å². The van der Waals surface area contributed by atoms with Gasteiger partial charge in [-0.3, -0.25) is 9.59 Å². The van der Waals surface area contributed by atoms with Crippen LogP contribution in [0, 0.1) is 6.92 Å². The van der Waals surface area contributed by atoms with Crippen LogP contribution in [0.1, 0.15) is 21.5 Å². The fourth-order valence-corrected chi connectivity index (χ4v) is 4.49. The molecule has 0 saturated carbocycles. The van der Waals surface area contributed by atoms with Crippen LogP contribution in [-0.4, -0.2) is 16.3 Å². The van der Waals surface area contributed by atoms with Crippen molar-refractivity contribution in [3.05, 3.63) is 97.6 Å².